The third-order valence-corrected chi connectivity index (χ3v) is 6.37. The number of H-pyrrole nitrogens is 2. The summed E-state index contributed by atoms with van der Waals surface area (Å²) in [5.74, 6) is -0.00213. The van der Waals surface area contributed by atoms with Crippen molar-refractivity contribution in [3.05, 3.63) is 134 Å². The van der Waals surface area contributed by atoms with E-state index in [1.165, 1.54) is 9.36 Å². The normalized spacial score (nSPS) is 11.2. The number of para-hydroxylation sites is 3. The SMILES string of the molecule is CCOc1ccccc1C(c1c(C)[nH]n(-c2ccccc2)c1=O)c1c(C)[nH]n(-c2ccccc2)c1=O. The number of aromatic nitrogens is 4. The molecular formula is C29H28N4O3. The first kappa shape index (κ1) is 23.2. The number of hydrogen-bond donors (Lipinski definition) is 2. The Bertz CT molecular complexity index is 1510. The minimum Gasteiger partial charge on any atom is -0.494 e. The summed E-state index contributed by atoms with van der Waals surface area (Å²) in [5, 5.41) is 6.44. The molecule has 0 radical (unpaired) electrons. The van der Waals surface area contributed by atoms with Crippen LogP contribution >= 0.6 is 0 Å². The fourth-order valence-corrected chi connectivity index (χ4v) is 4.78. The van der Waals surface area contributed by atoms with Gasteiger partial charge in [0, 0.05) is 17.0 Å². The van der Waals surface area contributed by atoms with Gasteiger partial charge in [-0.25, -0.2) is 9.36 Å². The van der Waals surface area contributed by atoms with Crippen molar-refractivity contribution in [1.82, 2.24) is 19.6 Å². The molecule has 0 fully saturated rings. The van der Waals surface area contributed by atoms with E-state index in [4.69, 9.17) is 4.74 Å². The highest BCUT2D eigenvalue weighted by Gasteiger charge is 2.32. The first-order valence-electron chi connectivity index (χ1n) is 12.0. The Morgan fingerprint density at radius 2 is 1.14 bits per heavy atom. The standard InChI is InChI=1S/C29H28N4O3/c1-4-36-24-18-12-11-17-23(24)27(25-19(2)30-32(28(25)34)21-13-7-5-8-14-21)26-20(3)31-33(29(26)35)22-15-9-6-10-16-22/h5-18,27,30-31H,4H2,1-3H3. The third-order valence-electron chi connectivity index (χ3n) is 6.37. The predicted octanol–water partition coefficient (Wildman–Crippen LogP) is 4.84. The van der Waals surface area contributed by atoms with E-state index in [1.54, 1.807) is 0 Å². The third kappa shape index (κ3) is 3.98. The van der Waals surface area contributed by atoms with Crippen LogP contribution in [0.4, 0.5) is 0 Å². The molecule has 0 bridgehead atoms. The number of aromatic amines is 2. The van der Waals surface area contributed by atoms with Crippen LogP contribution in [-0.2, 0) is 0 Å². The quantitative estimate of drug-likeness (QED) is 0.350. The van der Waals surface area contributed by atoms with Crippen LogP contribution in [0.5, 0.6) is 5.75 Å². The van der Waals surface area contributed by atoms with Crippen LogP contribution in [0.1, 0.15) is 40.9 Å². The average molecular weight is 481 g/mol. The van der Waals surface area contributed by atoms with Crippen LogP contribution in [0.2, 0.25) is 0 Å². The van der Waals surface area contributed by atoms with E-state index >= 15 is 0 Å². The maximum absolute atomic E-state index is 13.9. The first-order valence-corrected chi connectivity index (χ1v) is 12.0. The van der Waals surface area contributed by atoms with Crippen molar-refractivity contribution in [3.8, 4) is 17.1 Å². The van der Waals surface area contributed by atoms with Crippen LogP contribution in [0.15, 0.2) is 94.5 Å². The van der Waals surface area contributed by atoms with Crippen LogP contribution in [0.25, 0.3) is 11.4 Å². The highest BCUT2D eigenvalue weighted by atomic mass is 16.5. The van der Waals surface area contributed by atoms with Crippen LogP contribution < -0.4 is 15.9 Å². The van der Waals surface area contributed by atoms with Crippen molar-refractivity contribution in [2.24, 2.45) is 0 Å². The topological polar surface area (TPSA) is 84.8 Å². The zero-order chi connectivity index (χ0) is 25.2. The Kier molecular flexibility index (Phi) is 6.21. The molecule has 0 amide bonds. The van der Waals surface area contributed by atoms with Gasteiger partial charge >= 0.3 is 0 Å². The van der Waals surface area contributed by atoms with Gasteiger partial charge in [-0.15, -0.1) is 0 Å². The molecule has 0 saturated carbocycles. The lowest BCUT2D eigenvalue weighted by atomic mass is 9.84. The summed E-state index contributed by atoms with van der Waals surface area (Å²) < 4.78 is 9.02. The largest absolute Gasteiger partial charge is 0.494 e. The molecule has 0 aliphatic rings. The Morgan fingerprint density at radius 1 is 0.694 bits per heavy atom. The number of aryl methyl sites for hydroxylation is 2. The highest BCUT2D eigenvalue weighted by molar-refractivity contribution is 5.51. The van der Waals surface area contributed by atoms with Gasteiger partial charge in [0.25, 0.3) is 11.1 Å². The summed E-state index contributed by atoms with van der Waals surface area (Å²) in [6, 6.07) is 26.4. The predicted molar refractivity (Wildman–Crippen MR) is 141 cm³/mol. The van der Waals surface area contributed by atoms with E-state index in [9.17, 15) is 9.59 Å². The van der Waals surface area contributed by atoms with Crippen molar-refractivity contribution in [2.45, 2.75) is 26.7 Å². The van der Waals surface area contributed by atoms with Gasteiger partial charge in [0.05, 0.1) is 35.0 Å². The summed E-state index contributed by atoms with van der Waals surface area (Å²) in [4.78, 5) is 27.8. The van der Waals surface area contributed by atoms with E-state index in [2.05, 4.69) is 10.2 Å². The molecule has 0 aliphatic carbocycles. The molecule has 7 heteroatoms. The van der Waals surface area contributed by atoms with Crippen molar-refractivity contribution >= 4 is 0 Å². The Balaban J connectivity index is 1.80. The summed E-state index contributed by atoms with van der Waals surface area (Å²) >= 11 is 0. The molecule has 0 saturated heterocycles. The van der Waals surface area contributed by atoms with Crippen LogP contribution in [0.3, 0.4) is 0 Å². The molecule has 7 nitrogen and oxygen atoms in total. The summed E-state index contributed by atoms with van der Waals surface area (Å²) in [6.45, 7) is 6.11. The Labute approximate surface area is 208 Å². The second kappa shape index (κ2) is 9.62. The van der Waals surface area contributed by atoms with Gasteiger partial charge in [-0.3, -0.25) is 19.8 Å². The fourth-order valence-electron chi connectivity index (χ4n) is 4.78. The summed E-state index contributed by atoms with van der Waals surface area (Å²) in [6.07, 6.45) is 0. The second-order valence-electron chi connectivity index (χ2n) is 8.66. The molecule has 0 aliphatic heterocycles. The smallest absolute Gasteiger partial charge is 0.275 e. The maximum Gasteiger partial charge on any atom is 0.275 e. The molecule has 2 N–H and O–H groups in total. The lowest BCUT2D eigenvalue weighted by Crippen LogP contribution is -2.25. The highest BCUT2D eigenvalue weighted by Crippen LogP contribution is 2.37. The van der Waals surface area contributed by atoms with E-state index in [-0.39, 0.29) is 11.1 Å². The van der Waals surface area contributed by atoms with Crippen molar-refractivity contribution in [2.75, 3.05) is 6.61 Å². The molecule has 0 atom stereocenters. The molecule has 0 spiro atoms. The number of hydrogen-bond acceptors (Lipinski definition) is 3. The fraction of sp³-hybridized carbons (Fsp3) is 0.172. The van der Waals surface area contributed by atoms with Gasteiger partial charge in [0.2, 0.25) is 0 Å². The molecule has 5 rings (SSSR count). The summed E-state index contributed by atoms with van der Waals surface area (Å²) in [7, 11) is 0. The molecule has 36 heavy (non-hydrogen) atoms. The first-order chi connectivity index (χ1) is 17.5. The van der Waals surface area contributed by atoms with Gasteiger partial charge in [0.15, 0.2) is 0 Å². The van der Waals surface area contributed by atoms with Gasteiger partial charge in [-0.2, -0.15) is 0 Å². The van der Waals surface area contributed by atoms with Gasteiger partial charge in [-0.05, 0) is 51.1 Å². The maximum atomic E-state index is 13.9. The van der Waals surface area contributed by atoms with Crippen molar-refractivity contribution in [3.63, 3.8) is 0 Å². The number of rotatable bonds is 7. The summed E-state index contributed by atoms with van der Waals surface area (Å²) in [5.41, 5.74) is 4.18. The minimum atomic E-state index is -0.643. The second-order valence-corrected chi connectivity index (χ2v) is 8.66. The number of nitrogens with one attached hydrogen (secondary N) is 2. The van der Waals surface area contributed by atoms with Crippen molar-refractivity contribution < 1.29 is 4.74 Å². The van der Waals surface area contributed by atoms with Crippen LogP contribution in [0, 0.1) is 13.8 Å². The molecule has 5 aromatic rings. The number of ether oxygens (including phenoxy) is 1. The number of benzene rings is 3. The minimum absolute atomic E-state index is 0.207. The lowest BCUT2D eigenvalue weighted by Gasteiger charge is -2.19. The molecule has 182 valence electrons. The monoisotopic (exact) mass is 480 g/mol. The van der Waals surface area contributed by atoms with Gasteiger partial charge in [0.1, 0.15) is 5.75 Å². The van der Waals surface area contributed by atoms with E-state index in [0.29, 0.717) is 34.9 Å². The number of nitrogens with zero attached hydrogens (tertiary/aromatic N) is 2. The van der Waals surface area contributed by atoms with E-state index < -0.39 is 5.92 Å². The zero-order valence-corrected chi connectivity index (χ0v) is 20.5. The van der Waals surface area contributed by atoms with Gasteiger partial charge < -0.3 is 4.74 Å². The molecule has 2 heterocycles. The molecule has 3 aromatic carbocycles. The average Bonchev–Trinajstić information content (AvgIpc) is 3.36. The van der Waals surface area contributed by atoms with Crippen molar-refractivity contribution in [1.29, 1.82) is 0 Å². The van der Waals surface area contributed by atoms with Gasteiger partial charge in [-0.1, -0.05) is 54.6 Å². The zero-order valence-electron chi connectivity index (χ0n) is 20.5. The van der Waals surface area contributed by atoms with E-state index in [1.807, 2.05) is 106 Å². The lowest BCUT2D eigenvalue weighted by molar-refractivity contribution is 0.336. The molecule has 2 aromatic heterocycles. The molecular weight excluding hydrogens is 452 g/mol. The Morgan fingerprint density at radius 3 is 1.61 bits per heavy atom. The Hall–Kier alpha value is -4.52. The molecule has 0 unspecified atom stereocenters. The van der Waals surface area contributed by atoms with E-state index in [0.717, 1.165) is 16.9 Å². The van der Waals surface area contributed by atoms with Crippen LogP contribution in [-0.4, -0.2) is 26.2 Å².